The molecule has 1 aromatic heterocycles. The molecule has 1 saturated heterocycles. The van der Waals surface area contributed by atoms with Gasteiger partial charge in [0.2, 0.25) is 11.8 Å². The van der Waals surface area contributed by atoms with Gasteiger partial charge in [-0.2, -0.15) is 0 Å². The van der Waals surface area contributed by atoms with Gasteiger partial charge in [0.15, 0.2) is 0 Å². The maximum Gasteiger partial charge on any atom is 0.237 e. The van der Waals surface area contributed by atoms with Gasteiger partial charge >= 0.3 is 0 Å². The average molecular weight is 499 g/mol. The van der Waals surface area contributed by atoms with E-state index in [1.807, 2.05) is 6.92 Å². The first kappa shape index (κ1) is 24.2. The highest BCUT2D eigenvalue weighted by Crippen LogP contribution is 2.42. The van der Waals surface area contributed by atoms with Crippen LogP contribution >= 0.6 is 0 Å². The Morgan fingerprint density at radius 3 is 2.73 bits per heavy atom. The maximum absolute atomic E-state index is 13.8. The summed E-state index contributed by atoms with van der Waals surface area (Å²) >= 11 is 0. The Kier molecular flexibility index (Phi) is 6.53. The lowest BCUT2D eigenvalue weighted by Gasteiger charge is -2.33. The van der Waals surface area contributed by atoms with Crippen LogP contribution in [0.1, 0.15) is 80.4 Å². The molecule has 0 unspecified atom stereocenters. The molecule has 6 rings (SSSR count). The van der Waals surface area contributed by atoms with Gasteiger partial charge in [0, 0.05) is 35.1 Å². The van der Waals surface area contributed by atoms with Crippen LogP contribution in [0.15, 0.2) is 48.5 Å². The van der Waals surface area contributed by atoms with Gasteiger partial charge in [-0.1, -0.05) is 56.3 Å². The number of hydrogen-bond acceptors (Lipinski definition) is 3. The fraction of sp³-hybridized carbons (Fsp3) is 0.484. The number of nitrogens with one attached hydrogen (secondary N) is 3. The molecule has 1 aliphatic carbocycles. The SMILES string of the molecule is CC[C@@H](C)C(=O)N[C@H]1Cc2c([nH]c3ccccc23)[C@H]2CC[C@@H](C(=O)N[C@@H]3CCCc4ccccc43)N2C1. The van der Waals surface area contributed by atoms with E-state index in [1.165, 1.54) is 27.8 Å². The molecule has 2 aromatic carbocycles. The number of benzene rings is 2. The van der Waals surface area contributed by atoms with Crippen LogP contribution in [0.5, 0.6) is 0 Å². The molecule has 0 spiro atoms. The van der Waals surface area contributed by atoms with Gasteiger partial charge < -0.3 is 15.6 Å². The fourth-order valence-corrected chi connectivity index (χ4v) is 6.80. The summed E-state index contributed by atoms with van der Waals surface area (Å²) in [7, 11) is 0. The summed E-state index contributed by atoms with van der Waals surface area (Å²) in [6, 6.07) is 17.0. The van der Waals surface area contributed by atoms with Gasteiger partial charge in [0.05, 0.1) is 18.1 Å². The first-order valence-electron chi connectivity index (χ1n) is 14.1. The van der Waals surface area contributed by atoms with E-state index in [0.29, 0.717) is 6.54 Å². The van der Waals surface area contributed by atoms with Gasteiger partial charge in [0.1, 0.15) is 0 Å². The number of carbonyl (C=O) groups is 2. The van der Waals surface area contributed by atoms with Gasteiger partial charge in [-0.25, -0.2) is 0 Å². The molecular formula is C31H38N4O2. The monoisotopic (exact) mass is 498 g/mol. The number of H-pyrrole nitrogens is 1. The van der Waals surface area contributed by atoms with Crippen LogP contribution in [0.3, 0.4) is 0 Å². The lowest BCUT2D eigenvalue weighted by atomic mass is 9.87. The molecule has 194 valence electrons. The summed E-state index contributed by atoms with van der Waals surface area (Å²) in [5.74, 6) is 0.202. The van der Waals surface area contributed by atoms with E-state index in [-0.39, 0.29) is 41.9 Å². The summed E-state index contributed by atoms with van der Waals surface area (Å²) in [4.78, 5) is 32.8. The number of hydrogen-bond donors (Lipinski definition) is 3. The van der Waals surface area contributed by atoms with Crippen molar-refractivity contribution in [3.8, 4) is 0 Å². The van der Waals surface area contributed by atoms with Crippen LogP contribution < -0.4 is 10.6 Å². The van der Waals surface area contributed by atoms with Crippen LogP contribution in [0, 0.1) is 5.92 Å². The summed E-state index contributed by atoms with van der Waals surface area (Å²) in [6.45, 7) is 4.72. The Morgan fingerprint density at radius 2 is 1.86 bits per heavy atom. The normalized spacial score (nSPS) is 26.0. The zero-order chi connectivity index (χ0) is 25.5. The molecule has 3 heterocycles. The van der Waals surface area contributed by atoms with Crippen LogP contribution in [-0.4, -0.2) is 40.3 Å². The summed E-state index contributed by atoms with van der Waals surface area (Å²) < 4.78 is 0. The third kappa shape index (κ3) is 4.46. The minimum absolute atomic E-state index is 0.0227. The number of para-hydroxylation sites is 1. The van der Waals surface area contributed by atoms with E-state index in [0.717, 1.165) is 50.5 Å². The molecule has 6 heteroatoms. The molecule has 2 amide bonds. The Hall–Kier alpha value is -3.12. The van der Waals surface area contributed by atoms with Crippen LogP contribution in [0.4, 0.5) is 0 Å². The number of amides is 2. The lowest BCUT2D eigenvalue weighted by molar-refractivity contribution is -0.127. The topological polar surface area (TPSA) is 77.2 Å². The smallest absolute Gasteiger partial charge is 0.237 e. The molecule has 3 aliphatic rings. The highest BCUT2D eigenvalue weighted by molar-refractivity contribution is 5.86. The van der Waals surface area contributed by atoms with Crippen molar-refractivity contribution in [2.45, 2.75) is 83.0 Å². The number of aromatic nitrogens is 1. The quantitative estimate of drug-likeness (QED) is 0.466. The first-order valence-corrected chi connectivity index (χ1v) is 14.1. The van der Waals surface area contributed by atoms with Crippen molar-refractivity contribution in [2.75, 3.05) is 6.54 Å². The second kappa shape index (κ2) is 9.97. The molecule has 5 atom stereocenters. The van der Waals surface area contributed by atoms with E-state index in [2.05, 4.69) is 76.0 Å². The summed E-state index contributed by atoms with van der Waals surface area (Å²) in [6.07, 6.45) is 6.52. The third-order valence-electron chi connectivity index (χ3n) is 8.97. The molecular weight excluding hydrogens is 460 g/mol. The molecule has 3 aromatic rings. The van der Waals surface area contributed by atoms with Gasteiger partial charge in [-0.05, 0) is 67.7 Å². The van der Waals surface area contributed by atoms with E-state index in [9.17, 15) is 9.59 Å². The summed E-state index contributed by atoms with van der Waals surface area (Å²) in [5, 5.41) is 8.00. The highest BCUT2D eigenvalue weighted by atomic mass is 16.2. The van der Waals surface area contributed by atoms with Crippen molar-refractivity contribution < 1.29 is 9.59 Å². The highest BCUT2D eigenvalue weighted by Gasteiger charge is 2.44. The van der Waals surface area contributed by atoms with Crippen molar-refractivity contribution in [3.63, 3.8) is 0 Å². The number of aromatic amines is 1. The number of aryl methyl sites for hydroxylation is 1. The van der Waals surface area contributed by atoms with Gasteiger partial charge in [-0.3, -0.25) is 14.5 Å². The second-order valence-corrected chi connectivity index (χ2v) is 11.2. The maximum atomic E-state index is 13.8. The Balaban J connectivity index is 1.30. The predicted octanol–water partition coefficient (Wildman–Crippen LogP) is 4.95. The van der Waals surface area contributed by atoms with Crippen molar-refractivity contribution in [3.05, 3.63) is 70.9 Å². The zero-order valence-corrected chi connectivity index (χ0v) is 21.9. The van der Waals surface area contributed by atoms with Crippen molar-refractivity contribution in [1.29, 1.82) is 0 Å². The third-order valence-corrected chi connectivity index (χ3v) is 8.97. The Bertz CT molecular complexity index is 1310. The molecule has 1 fully saturated rings. The van der Waals surface area contributed by atoms with Crippen LogP contribution in [0.25, 0.3) is 10.9 Å². The zero-order valence-electron chi connectivity index (χ0n) is 21.9. The average Bonchev–Trinajstić information content (AvgIpc) is 3.46. The minimum Gasteiger partial charge on any atom is -0.357 e. The predicted molar refractivity (Wildman–Crippen MR) is 146 cm³/mol. The Labute approximate surface area is 219 Å². The largest absolute Gasteiger partial charge is 0.357 e. The lowest BCUT2D eigenvalue weighted by Crippen LogP contribution is -2.51. The van der Waals surface area contributed by atoms with Crippen LogP contribution in [0.2, 0.25) is 0 Å². The fourth-order valence-electron chi connectivity index (χ4n) is 6.80. The van der Waals surface area contributed by atoms with Gasteiger partial charge in [-0.15, -0.1) is 0 Å². The molecule has 0 bridgehead atoms. The molecule has 6 nitrogen and oxygen atoms in total. The van der Waals surface area contributed by atoms with E-state index in [4.69, 9.17) is 0 Å². The van der Waals surface area contributed by atoms with Crippen molar-refractivity contribution in [1.82, 2.24) is 20.5 Å². The molecule has 0 radical (unpaired) electrons. The first-order chi connectivity index (χ1) is 18.0. The van der Waals surface area contributed by atoms with E-state index < -0.39 is 0 Å². The van der Waals surface area contributed by atoms with Crippen LogP contribution in [-0.2, 0) is 22.4 Å². The van der Waals surface area contributed by atoms with E-state index >= 15 is 0 Å². The second-order valence-electron chi connectivity index (χ2n) is 11.2. The minimum atomic E-state index is -0.195. The molecule has 2 aliphatic heterocycles. The van der Waals surface area contributed by atoms with Gasteiger partial charge in [0.25, 0.3) is 0 Å². The molecule has 3 N–H and O–H groups in total. The summed E-state index contributed by atoms with van der Waals surface area (Å²) in [5.41, 5.74) is 6.27. The van der Waals surface area contributed by atoms with Crippen molar-refractivity contribution >= 4 is 22.7 Å². The van der Waals surface area contributed by atoms with Crippen molar-refractivity contribution in [2.24, 2.45) is 5.92 Å². The molecule has 37 heavy (non-hydrogen) atoms. The number of rotatable bonds is 5. The van der Waals surface area contributed by atoms with E-state index in [1.54, 1.807) is 0 Å². The number of fused-ring (bicyclic) bond motifs is 6. The number of nitrogens with zero attached hydrogens (tertiary/aromatic N) is 1. The molecule has 0 saturated carbocycles. The Morgan fingerprint density at radius 1 is 1.05 bits per heavy atom. The number of carbonyl (C=O) groups excluding carboxylic acids is 2. The standard InChI is InChI=1S/C31H38N4O2/c1-3-19(2)30(36)32-21-17-24-23-12-6-7-13-26(23)33-29(24)27-15-16-28(35(27)18-21)31(37)34-25-14-8-10-20-9-4-5-11-22(20)25/h4-7,9,11-13,19,21,25,27-28,33H,3,8,10,14-18H2,1-2H3,(H,32,36)(H,34,37)/t19-,21+,25-,27-,28+/m1/s1.